The Morgan fingerprint density at radius 2 is 1.21 bits per heavy atom. The molecule has 0 fully saturated rings. The van der Waals surface area contributed by atoms with Gasteiger partial charge in [0.2, 0.25) is 0 Å². The molecule has 6 rings (SSSR count). The Balaban J connectivity index is 0.000000106. The van der Waals surface area contributed by atoms with E-state index in [0.29, 0.717) is 0 Å². The van der Waals surface area contributed by atoms with Gasteiger partial charge in [-0.3, -0.25) is 15.1 Å². The lowest BCUT2D eigenvalue weighted by Crippen LogP contribution is -1.73. The molecule has 6 aromatic rings. The number of H-pyrrole nitrogens is 1. The van der Waals surface area contributed by atoms with Crippen molar-refractivity contribution in [2.45, 2.75) is 0 Å². The second-order valence-electron chi connectivity index (χ2n) is 6.38. The average Bonchev–Trinajstić information content (AvgIpc) is 3.29. The summed E-state index contributed by atoms with van der Waals surface area (Å²) in [7, 11) is 0. The van der Waals surface area contributed by atoms with Crippen molar-refractivity contribution in [3.05, 3.63) is 116 Å². The molecule has 29 heavy (non-hydrogen) atoms. The molecule has 0 aliphatic heterocycles. The first-order valence-corrected chi connectivity index (χ1v) is 9.37. The van der Waals surface area contributed by atoms with Gasteiger partial charge in [-0.1, -0.05) is 66.7 Å². The van der Waals surface area contributed by atoms with E-state index in [1.807, 2.05) is 91.5 Å². The molecule has 0 unspecified atom stereocenters. The third-order valence-electron chi connectivity index (χ3n) is 4.41. The summed E-state index contributed by atoms with van der Waals surface area (Å²) in [5, 5.41) is 11.6. The predicted molar refractivity (Wildman–Crippen MR) is 120 cm³/mol. The van der Waals surface area contributed by atoms with Crippen LogP contribution in [0.1, 0.15) is 0 Å². The second-order valence-corrected chi connectivity index (χ2v) is 6.38. The zero-order valence-corrected chi connectivity index (χ0v) is 15.8. The zero-order chi connectivity index (χ0) is 19.7. The highest BCUT2D eigenvalue weighted by atomic mass is 15.1. The van der Waals surface area contributed by atoms with Crippen LogP contribution in [0.2, 0.25) is 0 Å². The Morgan fingerprint density at radius 1 is 0.517 bits per heavy atom. The van der Waals surface area contributed by atoms with Gasteiger partial charge in [-0.15, -0.1) is 0 Å². The van der Waals surface area contributed by atoms with Gasteiger partial charge in [-0.2, -0.15) is 5.10 Å². The molecule has 3 heterocycles. The molecule has 0 atom stereocenters. The monoisotopic (exact) mass is 376 g/mol. The highest BCUT2D eigenvalue weighted by molar-refractivity contribution is 5.81. The molecule has 0 spiro atoms. The molecule has 140 valence electrons. The molecule has 0 amide bonds. The summed E-state index contributed by atoms with van der Waals surface area (Å²) in [5.74, 6) is 0. The SMILES string of the molecule is c1ccc2[nH]ncc2c1.c1ccc2cnccc2c1.c1ccc2ncccc2c1. The predicted octanol–water partition coefficient (Wildman–Crippen LogP) is 6.03. The van der Waals surface area contributed by atoms with Gasteiger partial charge in [0.15, 0.2) is 0 Å². The van der Waals surface area contributed by atoms with E-state index in [1.54, 1.807) is 0 Å². The smallest absolute Gasteiger partial charge is 0.0701 e. The summed E-state index contributed by atoms with van der Waals surface area (Å²) in [5.41, 5.74) is 2.16. The van der Waals surface area contributed by atoms with Crippen LogP contribution in [-0.2, 0) is 0 Å². The van der Waals surface area contributed by atoms with Crippen LogP contribution in [0.15, 0.2) is 116 Å². The van der Waals surface area contributed by atoms with Crippen LogP contribution in [0.25, 0.3) is 32.6 Å². The molecule has 0 radical (unpaired) electrons. The minimum Gasteiger partial charge on any atom is -0.278 e. The minimum atomic E-state index is 1.06. The van der Waals surface area contributed by atoms with Crippen LogP contribution in [0, 0.1) is 0 Å². The number of hydrogen-bond acceptors (Lipinski definition) is 3. The molecular weight excluding hydrogens is 356 g/mol. The Bertz CT molecular complexity index is 1090. The van der Waals surface area contributed by atoms with Crippen molar-refractivity contribution in [1.29, 1.82) is 0 Å². The second kappa shape index (κ2) is 9.24. The van der Waals surface area contributed by atoms with E-state index in [0.717, 1.165) is 16.4 Å². The summed E-state index contributed by atoms with van der Waals surface area (Å²) in [6.45, 7) is 0. The van der Waals surface area contributed by atoms with Gasteiger partial charge in [0.1, 0.15) is 0 Å². The van der Waals surface area contributed by atoms with Crippen LogP contribution < -0.4 is 0 Å². The van der Waals surface area contributed by atoms with Crippen molar-refractivity contribution in [1.82, 2.24) is 20.2 Å². The van der Waals surface area contributed by atoms with Gasteiger partial charge < -0.3 is 0 Å². The third-order valence-corrected chi connectivity index (χ3v) is 4.41. The molecule has 4 nitrogen and oxygen atoms in total. The van der Waals surface area contributed by atoms with E-state index in [2.05, 4.69) is 44.4 Å². The van der Waals surface area contributed by atoms with Crippen molar-refractivity contribution in [3.8, 4) is 0 Å². The molecule has 0 aliphatic rings. The van der Waals surface area contributed by atoms with Gasteiger partial charge in [-0.05, 0) is 35.0 Å². The number of aromatic amines is 1. The van der Waals surface area contributed by atoms with E-state index in [4.69, 9.17) is 0 Å². The first-order valence-electron chi connectivity index (χ1n) is 9.37. The Morgan fingerprint density at radius 3 is 2.00 bits per heavy atom. The van der Waals surface area contributed by atoms with Crippen LogP contribution in [0.4, 0.5) is 0 Å². The number of aromatic nitrogens is 4. The maximum Gasteiger partial charge on any atom is 0.0701 e. The molecule has 1 N–H and O–H groups in total. The number of pyridine rings is 2. The first kappa shape index (κ1) is 18.3. The van der Waals surface area contributed by atoms with Crippen molar-refractivity contribution in [2.24, 2.45) is 0 Å². The number of nitrogens with zero attached hydrogens (tertiary/aromatic N) is 3. The molecule has 0 saturated carbocycles. The molecule has 3 aromatic carbocycles. The minimum absolute atomic E-state index is 1.06. The lowest BCUT2D eigenvalue weighted by Gasteiger charge is -1.91. The van der Waals surface area contributed by atoms with Crippen LogP contribution >= 0.6 is 0 Å². The maximum absolute atomic E-state index is 4.18. The van der Waals surface area contributed by atoms with Crippen LogP contribution in [0.3, 0.4) is 0 Å². The molecular formula is C25H20N4. The summed E-state index contributed by atoms with van der Waals surface area (Å²) >= 11 is 0. The largest absolute Gasteiger partial charge is 0.278 e. The molecule has 0 bridgehead atoms. The third kappa shape index (κ3) is 4.82. The van der Waals surface area contributed by atoms with Crippen LogP contribution in [0.5, 0.6) is 0 Å². The Kier molecular flexibility index (Phi) is 5.84. The van der Waals surface area contributed by atoms with Gasteiger partial charge in [-0.25, -0.2) is 0 Å². The lowest BCUT2D eigenvalue weighted by molar-refractivity contribution is 1.12. The fourth-order valence-corrected chi connectivity index (χ4v) is 2.93. The summed E-state index contributed by atoms with van der Waals surface area (Å²) in [6, 6.07) is 30.3. The Hall–Kier alpha value is -4.05. The maximum atomic E-state index is 4.18. The molecule has 4 heteroatoms. The van der Waals surface area contributed by atoms with Crippen molar-refractivity contribution < 1.29 is 0 Å². The zero-order valence-electron chi connectivity index (χ0n) is 15.8. The van der Waals surface area contributed by atoms with E-state index in [9.17, 15) is 0 Å². The number of rotatable bonds is 0. The lowest BCUT2D eigenvalue weighted by atomic mass is 10.2. The van der Waals surface area contributed by atoms with Gasteiger partial charge in [0.25, 0.3) is 0 Å². The van der Waals surface area contributed by atoms with E-state index in [-0.39, 0.29) is 0 Å². The Labute approximate surface area is 168 Å². The number of nitrogens with one attached hydrogen (secondary N) is 1. The average molecular weight is 376 g/mol. The summed E-state index contributed by atoms with van der Waals surface area (Å²) in [4.78, 5) is 8.19. The molecule has 3 aromatic heterocycles. The summed E-state index contributed by atoms with van der Waals surface area (Å²) < 4.78 is 0. The first-order chi connectivity index (χ1) is 14.4. The molecule has 0 aliphatic carbocycles. The van der Waals surface area contributed by atoms with Crippen molar-refractivity contribution in [3.63, 3.8) is 0 Å². The van der Waals surface area contributed by atoms with E-state index >= 15 is 0 Å². The highest BCUT2D eigenvalue weighted by Gasteiger charge is 1.88. The van der Waals surface area contributed by atoms with Crippen LogP contribution in [-0.4, -0.2) is 20.2 Å². The van der Waals surface area contributed by atoms with Gasteiger partial charge >= 0.3 is 0 Å². The number of para-hydroxylation sites is 2. The highest BCUT2D eigenvalue weighted by Crippen LogP contribution is 2.10. The van der Waals surface area contributed by atoms with Crippen molar-refractivity contribution >= 4 is 32.6 Å². The fraction of sp³-hybridized carbons (Fsp3) is 0. The molecule has 0 saturated heterocycles. The fourth-order valence-electron chi connectivity index (χ4n) is 2.93. The standard InChI is InChI=1S/2C9H7N.C7H6N2/c1-2-6-9-8(4-1)5-3-7-10-9;1-2-4-9-7-10-6-5-8(9)3-1;1-2-4-7-6(3-1)5-8-9-7/h2*1-7H;1-5H,(H,8,9). The van der Waals surface area contributed by atoms with E-state index < -0.39 is 0 Å². The topological polar surface area (TPSA) is 54.5 Å². The quantitative estimate of drug-likeness (QED) is 0.352. The normalized spacial score (nSPS) is 10.1. The number of benzene rings is 3. The summed E-state index contributed by atoms with van der Waals surface area (Å²) in [6.07, 6.45) is 7.30. The van der Waals surface area contributed by atoms with Gasteiger partial charge in [0.05, 0.1) is 17.2 Å². The van der Waals surface area contributed by atoms with Gasteiger partial charge in [0, 0.05) is 29.4 Å². The number of hydrogen-bond donors (Lipinski definition) is 1. The van der Waals surface area contributed by atoms with Crippen molar-refractivity contribution in [2.75, 3.05) is 0 Å². The van der Waals surface area contributed by atoms with E-state index in [1.165, 1.54) is 16.2 Å². The number of fused-ring (bicyclic) bond motifs is 3.